The summed E-state index contributed by atoms with van der Waals surface area (Å²) >= 11 is 5.84. The van der Waals surface area contributed by atoms with Gasteiger partial charge in [0, 0.05) is 0 Å². The Balaban J connectivity index is 2.38. The first kappa shape index (κ1) is 11.8. The highest BCUT2D eigenvalue weighted by Crippen LogP contribution is 2.27. The van der Waals surface area contributed by atoms with E-state index in [-0.39, 0.29) is 5.69 Å². The van der Waals surface area contributed by atoms with E-state index in [0.29, 0.717) is 10.7 Å². The van der Waals surface area contributed by atoms with Crippen LogP contribution in [-0.4, -0.2) is 0 Å². The lowest BCUT2D eigenvalue weighted by molar-refractivity contribution is 0.449. The van der Waals surface area contributed by atoms with E-state index in [1.807, 2.05) is 0 Å². The molecule has 88 valence electrons. The first-order valence-corrected chi connectivity index (χ1v) is 5.12. The zero-order valence-electron chi connectivity index (χ0n) is 8.48. The van der Waals surface area contributed by atoms with E-state index in [1.54, 1.807) is 24.3 Å². The van der Waals surface area contributed by atoms with Crippen molar-refractivity contribution < 1.29 is 13.2 Å². The van der Waals surface area contributed by atoms with Crippen molar-refractivity contribution in [1.82, 2.24) is 0 Å². The molecule has 17 heavy (non-hydrogen) atoms. The maximum atomic E-state index is 13.4. The molecule has 0 aliphatic carbocycles. The highest BCUT2D eigenvalue weighted by Gasteiger charge is 2.13. The molecule has 0 aromatic heterocycles. The Morgan fingerprint density at radius 1 is 0.824 bits per heavy atom. The van der Waals surface area contributed by atoms with Crippen LogP contribution in [0, 0.1) is 17.5 Å². The smallest absolute Gasteiger partial charge is 0.196 e. The van der Waals surface area contributed by atoms with E-state index >= 15 is 0 Å². The van der Waals surface area contributed by atoms with Crippen LogP contribution in [0.25, 0.3) is 0 Å². The van der Waals surface area contributed by atoms with Crippen LogP contribution < -0.4 is 5.32 Å². The summed E-state index contributed by atoms with van der Waals surface area (Å²) in [5.41, 5.74) is 0.246. The molecule has 0 heterocycles. The van der Waals surface area contributed by atoms with Crippen LogP contribution in [-0.2, 0) is 0 Å². The zero-order valence-corrected chi connectivity index (χ0v) is 9.23. The summed E-state index contributed by atoms with van der Waals surface area (Å²) in [7, 11) is 0. The topological polar surface area (TPSA) is 12.0 Å². The lowest BCUT2D eigenvalue weighted by Gasteiger charge is -2.09. The number of benzene rings is 2. The number of nitrogens with one attached hydrogen (secondary N) is 1. The average molecular weight is 258 g/mol. The van der Waals surface area contributed by atoms with Crippen LogP contribution >= 0.6 is 11.6 Å². The van der Waals surface area contributed by atoms with Gasteiger partial charge in [0.2, 0.25) is 0 Å². The summed E-state index contributed by atoms with van der Waals surface area (Å²) in [5, 5.41) is 2.95. The van der Waals surface area contributed by atoms with E-state index in [9.17, 15) is 13.2 Å². The quantitative estimate of drug-likeness (QED) is 0.781. The molecule has 0 bridgehead atoms. The second kappa shape index (κ2) is 4.67. The zero-order chi connectivity index (χ0) is 12.4. The van der Waals surface area contributed by atoms with Crippen molar-refractivity contribution in [2.45, 2.75) is 0 Å². The molecule has 0 atom stereocenters. The number of anilines is 2. The summed E-state index contributed by atoms with van der Waals surface area (Å²) in [6.07, 6.45) is 0. The Kier molecular flexibility index (Phi) is 3.24. The van der Waals surface area contributed by atoms with Gasteiger partial charge in [0.1, 0.15) is 0 Å². The number of para-hydroxylation sites is 1. The maximum absolute atomic E-state index is 13.4. The molecule has 2 aromatic rings. The highest BCUT2D eigenvalue weighted by molar-refractivity contribution is 6.33. The standard InChI is InChI=1S/C12H7ClF3N/c13-7-3-1-2-4-9(7)17-10-6-5-8(14)11(15)12(10)16/h1-6,17H. The monoisotopic (exact) mass is 257 g/mol. The summed E-state index contributed by atoms with van der Waals surface area (Å²) in [4.78, 5) is 0. The number of hydrogen-bond donors (Lipinski definition) is 1. The molecular weight excluding hydrogens is 251 g/mol. The van der Waals surface area contributed by atoms with Gasteiger partial charge in [-0.3, -0.25) is 0 Å². The Bertz CT molecular complexity index is 557. The van der Waals surface area contributed by atoms with Gasteiger partial charge in [-0.2, -0.15) is 0 Å². The van der Waals surface area contributed by atoms with Gasteiger partial charge in [-0.25, -0.2) is 13.2 Å². The van der Waals surface area contributed by atoms with Crippen LogP contribution in [0.4, 0.5) is 24.5 Å². The minimum Gasteiger partial charge on any atom is -0.352 e. The Morgan fingerprint density at radius 3 is 2.24 bits per heavy atom. The molecule has 0 aliphatic rings. The van der Waals surface area contributed by atoms with E-state index in [4.69, 9.17) is 11.6 Å². The van der Waals surface area contributed by atoms with Crippen molar-refractivity contribution >= 4 is 23.0 Å². The second-order valence-electron chi connectivity index (χ2n) is 3.33. The molecule has 0 spiro atoms. The Hall–Kier alpha value is -1.68. The largest absolute Gasteiger partial charge is 0.352 e. The van der Waals surface area contributed by atoms with E-state index in [0.717, 1.165) is 12.1 Å². The van der Waals surface area contributed by atoms with Gasteiger partial charge in [-0.05, 0) is 24.3 Å². The third-order valence-corrected chi connectivity index (χ3v) is 2.51. The van der Waals surface area contributed by atoms with Crippen LogP contribution in [0.1, 0.15) is 0 Å². The molecule has 2 aromatic carbocycles. The molecule has 0 amide bonds. The number of rotatable bonds is 2. The molecule has 2 rings (SSSR count). The summed E-state index contributed by atoms with van der Waals surface area (Å²) < 4.78 is 39.0. The minimum absolute atomic E-state index is 0.169. The van der Waals surface area contributed by atoms with Crippen molar-refractivity contribution in [3.05, 3.63) is 58.9 Å². The molecule has 0 radical (unpaired) electrons. The molecule has 1 nitrogen and oxygen atoms in total. The van der Waals surface area contributed by atoms with E-state index < -0.39 is 17.5 Å². The lowest BCUT2D eigenvalue weighted by atomic mass is 10.2. The average Bonchev–Trinajstić information content (AvgIpc) is 2.32. The number of halogens is 4. The predicted octanol–water partition coefficient (Wildman–Crippen LogP) is 4.50. The van der Waals surface area contributed by atoms with Crippen molar-refractivity contribution in [2.75, 3.05) is 5.32 Å². The van der Waals surface area contributed by atoms with Gasteiger partial charge in [0.05, 0.1) is 16.4 Å². The molecule has 0 aliphatic heterocycles. The van der Waals surface area contributed by atoms with Gasteiger partial charge >= 0.3 is 0 Å². The lowest BCUT2D eigenvalue weighted by Crippen LogP contribution is -1.99. The summed E-state index contributed by atoms with van der Waals surface area (Å²) in [6, 6.07) is 8.54. The maximum Gasteiger partial charge on any atom is 0.196 e. The van der Waals surface area contributed by atoms with Crippen LogP contribution in [0.3, 0.4) is 0 Å². The normalized spacial score (nSPS) is 10.4. The minimum atomic E-state index is -1.51. The van der Waals surface area contributed by atoms with Gasteiger partial charge < -0.3 is 5.32 Å². The van der Waals surface area contributed by atoms with E-state index in [2.05, 4.69) is 5.32 Å². The van der Waals surface area contributed by atoms with Crippen molar-refractivity contribution in [3.63, 3.8) is 0 Å². The van der Waals surface area contributed by atoms with Gasteiger partial charge in [-0.15, -0.1) is 0 Å². The van der Waals surface area contributed by atoms with Crippen molar-refractivity contribution in [1.29, 1.82) is 0 Å². The number of hydrogen-bond acceptors (Lipinski definition) is 1. The van der Waals surface area contributed by atoms with Gasteiger partial charge in [0.15, 0.2) is 17.5 Å². The van der Waals surface area contributed by atoms with Gasteiger partial charge in [0.25, 0.3) is 0 Å². The van der Waals surface area contributed by atoms with Crippen LogP contribution in [0.15, 0.2) is 36.4 Å². The van der Waals surface area contributed by atoms with Crippen molar-refractivity contribution in [2.24, 2.45) is 0 Å². The SMILES string of the molecule is Fc1ccc(Nc2ccccc2Cl)c(F)c1F. The summed E-state index contributed by atoms with van der Waals surface area (Å²) in [6.45, 7) is 0. The fourth-order valence-corrected chi connectivity index (χ4v) is 1.51. The van der Waals surface area contributed by atoms with Crippen molar-refractivity contribution in [3.8, 4) is 0 Å². The first-order chi connectivity index (χ1) is 8.09. The summed E-state index contributed by atoms with van der Waals surface area (Å²) in [5.74, 6) is -4.01. The molecule has 0 saturated heterocycles. The fraction of sp³-hybridized carbons (Fsp3) is 0. The molecular formula is C12H7ClF3N. The molecule has 0 unspecified atom stereocenters. The molecule has 1 N–H and O–H groups in total. The van der Waals surface area contributed by atoms with Crippen LogP contribution in [0.2, 0.25) is 5.02 Å². The fourth-order valence-electron chi connectivity index (χ4n) is 1.33. The second-order valence-corrected chi connectivity index (χ2v) is 3.73. The molecule has 0 fully saturated rings. The molecule has 0 saturated carbocycles. The first-order valence-electron chi connectivity index (χ1n) is 4.74. The Morgan fingerprint density at radius 2 is 1.53 bits per heavy atom. The van der Waals surface area contributed by atoms with E-state index in [1.165, 1.54) is 0 Å². The Labute approximate surface area is 101 Å². The third-order valence-electron chi connectivity index (χ3n) is 2.18. The molecule has 5 heteroatoms. The highest BCUT2D eigenvalue weighted by atomic mass is 35.5. The van der Waals surface area contributed by atoms with Gasteiger partial charge in [-0.1, -0.05) is 23.7 Å². The van der Waals surface area contributed by atoms with Crippen LogP contribution in [0.5, 0.6) is 0 Å². The predicted molar refractivity (Wildman–Crippen MR) is 61.1 cm³/mol. The third kappa shape index (κ3) is 2.36.